The number of benzene rings is 1. The highest BCUT2D eigenvalue weighted by Crippen LogP contribution is 2.24. The molecule has 0 aliphatic carbocycles. The van der Waals surface area contributed by atoms with Crippen molar-refractivity contribution in [3.63, 3.8) is 0 Å². The van der Waals surface area contributed by atoms with E-state index < -0.39 is 24.5 Å². The van der Waals surface area contributed by atoms with Gasteiger partial charge in [-0.2, -0.15) is 13.2 Å². The molecule has 5 rings (SSSR count). The van der Waals surface area contributed by atoms with Crippen LogP contribution < -0.4 is 5.69 Å². The molecule has 0 bridgehead atoms. The monoisotopic (exact) mass is 588 g/mol. The minimum atomic E-state index is -4.95. The minimum absolute atomic E-state index is 0.0838. The zero-order valence-corrected chi connectivity index (χ0v) is 21.9. The van der Waals surface area contributed by atoms with Gasteiger partial charge in [0, 0.05) is 22.8 Å². The first-order chi connectivity index (χ1) is 19.5. The highest BCUT2D eigenvalue weighted by Gasteiger charge is 2.39. The Morgan fingerprint density at radius 1 is 1.15 bits per heavy atom. The summed E-state index contributed by atoms with van der Waals surface area (Å²) in [6.45, 7) is 0.321. The van der Waals surface area contributed by atoms with Gasteiger partial charge in [-0.25, -0.2) is 19.1 Å². The lowest BCUT2D eigenvalue weighted by atomic mass is 10.1. The first-order valence-corrected chi connectivity index (χ1v) is 12.4. The lowest BCUT2D eigenvalue weighted by Gasteiger charge is -2.15. The number of aliphatic hydroxyl groups is 1. The van der Waals surface area contributed by atoms with Crippen molar-refractivity contribution in [3.05, 3.63) is 93.5 Å². The first kappa shape index (κ1) is 27.9. The predicted molar refractivity (Wildman–Crippen MR) is 137 cm³/mol. The Morgan fingerprint density at radius 3 is 2.59 bits per heavy atom. The van der Waals surface area contributed by atoms with Crippen molar-refractivity contribution in [2.24, 2.45) is 0 Å². The average Bonchev–Trinajstić information content (AvgIpc) is 3.65. The summed E-state index contributed by atoms with van der Waals surface area (Å²) in [6, 6.07) is 10.8. The van der Waals surface area contributed by atoms with Crippen LogP contribution in [0.25, 0.3) is 17.1 Å². The van der Waals surface area contributed by atoms with Crippen LogP contribution in [0.3, 0.4) is 0 Å². The van der Waals surface area contributed by atoms with Gasteiger partial charge in [0.05, 0.1) is 30.0 Å². The van der Waals surface area contributed by atoms with E-state index in [0.717, 1.165) is 9.25 Å². The Labute approximate surface area is 233 Å². The molecule has 1 N–H and O–H groups in total. The Kier molecular flexibility index (Phi) is 7.55. The Balaban J connectivity index is 1.44. The van der Waals surface area contributed by atoms with E-state index in [1.165, 1.54) is 47.5 Å². The van der Waals surface area contributed by atoms with Crippen molar-refractivity contribution >= 4 is 17.4 Å². The highest BCUT2D eigenvalue weighted by atomic mass is 35.5. The number of aryl methyl sites for hydroxylation is 1. The van der Waals surface area contributed by atoms with Crippen molar-refractivity contribution in [1.82, 2.24) is 39.3 Å². The van der Waals surface area contributed by atoms with Crippen LogP contribution in [0.2, 0.25) is 5.02 Å². The van der Waals surface area contributed by atoms with Crippen molar-refractivity contribution in [2.45, 2.75) is 38.7 Å². The van der Waals surface area contributed by atoms with Gasteiger partial charge in [0.15, 0.2) is 17.8 Å². The maximum absolute atomic E-state index is 13.1. The molecular weight excluding hydrogens is 569 g/mol. The number of alkyl halides is 3. The number of halogens is 4. The topological polar surface area (TPSA) is 147 Å². The van der Waals surface area contributed by atoms with Gasteiger partial charge < -0.3 is 9.63 Å². The number of aromatic nitrogens is 8. The molecule has 4 heterocycles. The number of hydrogen-bond donors (Lipinski definition) is 1. The molecule has 0 amide bonds. The molecule has 0 saturated carbocycles. The Hall–Kier alpha value is -4.63. The summed E-state index contributed by atoms with van der Waals surface area (Å²) in [5, 5.41) is 22.3. The lowest BCUT2D eigenvalue weighted by molar-refractivity contribution is -0.207. The van der Waals surface area contributed by atoms with Crippen LogP contribution in [0.15, 0.2) is 64.3 Å². The zero-order valence-electron chi connectivity index (χ0n) is 21.2. The predicted octanol–water partition coefficient (Wildman–Crippen LogP) is 3.03. The zero-order chi connectivity index (χ0) is 29.3. The summed E-state index contributed by atoms with van der Waals surface area (Å²) in [5.41, 5.74) is 0.758. The molecule has 0 fully saturated rings. The number of pyridine rings is 1. The van der Waals surface area contributed by atoms with Gasteiger partial charge in [0.1, 0.15) is 12.9 Å². The number of aliphatic hydroxyl groups excluding tert-OH is 1. The quantitative estimate of drug-likeness (QED) is 0.257. The van der Waals surface area contributed by atoms with Crippen molar-refractivity contribution < 1.29 is 27.6 Å². The number of carbonyl (C=O) groups excluding carboxylic acids is 1. The molecule has 0 aliphatic heterocycles. The summed E-state index contributed by atoms with van der Waals surface area (Å²) in [5.74, 6) is -0.271. The molecular formula is C25H20ClF3N8O4. The van der Waals surface area contributed by atoms with E-state index in [1.807, 2.05) is 0 Å². The van der Waals surface area contributed by atoms with Gasteiger partial charge in [-0.15, -0.1) is 10.2 Å². The van der Waals surface area contributed by atoms with Crippen LogP contribution >= 0.6 is 11.6 Å². The second-order valence-corrected chi connectivity index (χ2v) is 9.38. The molecule has 41 heavy (non-hydrogen) atoms. The lowest BCUT2D eigenvalue weighted by Crippen LogP contribution is -2.37. The molecule has 0 saturated heterocycles. The van der Waals surface area contributed by atoms with E-state index in [2.05, 4.69) is 25.3 Å². The van der Waals surface area contributed by atoms with Crippen molar-refractivity contribution in [3.8, 4) is 17.1 Å². The number of rotatable bonds is 9. The van der Waals surface area contributed by atoms with Crippen LogP contribution in [0, 0.1) is 6.92 Å². The third-order valence-corrected chi connectivity index (χ3v) is 6.18. The van der Waals surface area contributed by atoms with Crippen LogP contribution in [-0.2, 0) is 19.5 Å². The highest BCUT2D eigenvalue weighted by molar-refractivity contribution is 6.30. The van der Waals surface area contributed by atoms with Crippen LogP contribution in [0.4, 0.5) is 13.2 Å². The largest absolute Gasteiger partial charge is 0.416 e. The molecule has 12 nitrogen and oxygen atoms in total. The maximum Gasteiger partial charge on any atom is 0.416 e. The van der Waals surface area contributed by atoms with Gasteiger partial charge in [-0.1, -0.05) is 16.8 Å². The van der Waals surface area contributed by atoms with E-state index in [4.69, 9.17) is 16.1 Å². The van der Waals surface area contributed by atoms with Crippen LogP contribution in [0.5, 0.6) is 0 Å². The van der Waals surface area contributed by atoms with E-state index >= 15 is 0 Å². The third kappa shape index (κ3) is 6.10. The molecule has 0 radical (unpaired) electrons. The standard InChI is InChI=1S/C25H20ClF3N8O4/c1-14-9-20(41-34-14)19(38)10-17-18(3-2-8-30-17)37-13-31-22(32-37)12-36-24(40)35(11-21(39)25(27,28)29)23(33-36)15-4-6-16(26)7-5-15/h2-9,13,21,39H,10-12H2,1H3/t21-/m0/s1. The number of carbonyl (C=O) groups is 1. The number of ketones is 1. The molecule has 1 aromatic carbocycles. The number of nitrogens with zero attached hydrogens (tertiary/aromatic N) is 8. The summed E-state index contributed by atoms with van der Waals surface area (Å²) in [7, 11) is 0. The van der Waals surface area contributed by atoms with Gasteiger partial charge in [-0.05, 0) is 43.3 Å². The summed E-state index contributed by atoms with van der Waals surface area (Å²) in [4.78, 5) is 34.2. The van der Waals surface area contributed by atoms with Gasteiger partial charge in [0.25, 0.3) is 0 Å². The van der Waals surface area contributed by atoms with E-state index in [-0.39, 0.29) is 36.2 Å². The molecule has 4 aromatic heterocycles. The Bertz CT molecular complexity index is 1760. The fraction of sp³-hybridized carbons (Fsp3) is 0.240. The van der Waals surface area contributed by atoms with E-state index in [1.54, 1.807) is 19.1 Å². The first-order valence-electron chi connectivity index (χ1n) is 12.0. The molecule has 5 aromatic rings. The van der Waals surface area contributed by atoms with Crippen LogP contribution in [0.1, 0.15) is 27.8 Å². The summed E-state index contributed by atoms with van der Waals surface area (Å²) < 4.78 is 47.3. The van der Waals surface area contributed by atoms with Crippen molar-refractivity contribution in [2.75, 3.05) is 0 Å². The fourth-order valence-electron chi connectivity index (χ4n) is 3.93. The molecule has 16 heteroatoms. The van der Waals surface area contributed by atoms with Crippen LogP contribution in [-0.4, -0.2) is 62.4 Å². The average molecular weight is 589 g/mol. The normalized spacial score (nSPS) is 12.5. The third-order valence-electron chi connectivity index (χ3n) is 5.93. The van der Waals surface area contributed by atoms with E-state index in [0.29, 0.717) is 27.7 Å². The molecule has 0 spiro atoms. The van der Waals surface area contributed by atoms with E-state index in [9.17, 15) is 27.9 Å². The fourth-order valence-corrected chi connectivity index (χ4v) is 4.05. The van der Waals surface area contributed by atoms with Gasteiger partial charge in [0.2, 0.25) is 11.5 Å². The van der Waals surface area contributed by atoms with Gasteiger partial charge >= 0.3 is 11.9 Å². The smallest absolute Gasteiger partial charge is 0.382 e. The maximum atomic E-state index is 13.1. The molecule has 1 atom stereocenters. The Morgan fingerprint density at radius 2 is 1.90 bits per heavy atom. The summed E-state index contributed by atoms with van der Waals surface area (Å²) >= 11 is 5.92. The SMILES string of the molecule is Cc1cc(C(=O)Cc2ncccc2-n2cnc(Cn3nc(-c4ccc(Cl)cc4)n(C[C@H](O)C(F)(F)F)c3=O)n2)on1. The minimum Gasteiger partial charge on any atom is -0.382 e. The molecule has 0 unspecified atom stereocenters. The second-order valence-electron chi connectivity index (χ2n) is 8.95. The number of hydrogen-bond acceptors (Lipinski definition) is 9. The second kappa shape index (κ2) is 11.1. The number of Topliss-reactive ketones (excluding diaryl/α,β-unsaturated/α-hetero) is 1. The van der Waals surface area contributed by atoms with Gasteiger partial charge in [-0.3, -0.25) is 14.3 Å². The van der Waals surface area contributed by atoms with Crippen molar-refractivity contribution in [1.29, 1.82) is 0 Å². The molecule has 212 valence electrons. The molecule has 0 aliphatic rings. The summed E-state index contributed by atoms with van der Waals surface area (Å²) in [6.07, 6.45) is -5.01.